The summed E-state index contributed by atoms with van der Waals surface area (Å²) in [6.45, 7) is 2.10. The Morgan fingerprint density at radius 2 is 1.95 bits per heavy atom. The smallest absolute Gasteiger partial charge is 0.335 e. The number of rotatable bonds is 7. The van der Waals surface area contributed by atoms with Gasteiger partial charge in [0.2, 0.25) is 0 Å². The van der Waals surface area contributed by atoms with Crippen molar-refractivity contribution in [3.8, 4) is 5.75 Å². The van der Waals surface area contributed by atoms with Gasteiger partial charge in [0.1, 0.15) is 23.1 Å². The highest BCUT2D eigenvalue weighted by Crippen LogP contribution is 2.29. The van der Waals surface area contributed by atoms with E-state index in [-0.39, 0.29) is 36.4 Å². The zero-order valence-electron chi connectivity index (χ0n) is 20.0. The van der Waals surface area contributed by atoms with Crippen LogP contribution in [-0.2, 0) is 18.4 Å². The van der Waals surface area contributed by atoms with Crippen LogP contribution in [-0.4, -0.2) is 49.2 Å². The first-order chi connectivity index (χ1) is 17.8. The van der Waals surface area contributed by atoms with Gasteiger partial charge in [0.05, 0.1) is 17.3 Å². The van der Waals surface area contributed by atoms with Gasteiger partial charge in [-0.1, -0.05) is 18.2 Å². The molecule has 5 rings (SSSR count). The molecule has 0 spiro atoms. The molecule has 1 aliphatic rings. The van der Waals surface area contributed by atoms with E-state index in [0.717, 1.165) is 11.1 Å². The number of benzene rings is 2. The summed E-state index contributed by atoms with van der Waals surface area (Å²) in [5.41, 5.74) is 3.35. The fourth-order valence-corrected chi connectivity index (χ4v) is 4.04. The zero-order chi connectivity index (χ0) is 26.1. The van der Waals surface area contributed by atoms with E-state index in [1.165, 1.54) is 6.33 Å². The monoisotopic (exact) mass is 501 g/mol. The Kier molecular flexibility index (Phi) is 6.14. The highest BCUT2D eigenvalue weighted by Gasteiger charge is 2.21. The normalized spacial score (nSPS) is 13.3. The number of carbonyl (C=O) groups excluding carboxylic acids is 2. The second-order valence-corrected chi connectivity index (χ2v) is 8.53. The Hall–Kier alpha value is -5.00. The Morgan fingerprint density at radius 1 is 1.16 bits per heavy atom. The van der Waals surface area contributed by atoms with Gasteiger partial charge >= 0.3 is 5.97 Å². The summed E-state index contributed by atoms with van der Waals surface area (Å²) in [5.74, 6) is -0.477. The highest BCUT2D eigenvalue weighted by atomic mass is 16.5. The second kappa shape index (κ2) is 9.57. The van der Waals surface area contributed by atoms with Crippen LogP contribution in [0.25, 0.3) is 11.0 Å². The Labute approximate surface area is 210 Å². The standard InChI is InChI=1S/C25H23N7O5/c1-13(15-4-6-16(7-5-15)25(35)36)29-23-21-20(31-32(23)2)22(28-12-27-21)24(34)26-10-14-3-8-18-17(9-14)30-19(33)11-37-18/h3-9,12-13,29H,10-11H2,1-2H3,(H,26,34)(H,30,33)(H,35,36). The molecular formula is C25H23N7O5. The molecule has 2 amide bonds. The van der Waals surface area contributed by atoms with Gasteiger partial charge in [-0.05, 0) is 42.3 Å². The third-order valence-electron chi connectivity index (χ3n) is 5.98. The number of carboxylic acids is 1. The molecule has 0 fully saturated rings. The molecule has 4 aromatic rings. The number of fused-ring (bicyclic) bond motifs is 2. The molecule has 12 nitrogen and oxygen atoms in total. The summed E-state index contributed by atoms with van der Waals surface area (Å²) in [7, 11) is 1.73. The SMILES string of the molecule is CC(Nc1c2ncnc(C(=O)NCc3ccc4c(c3)NC(=O)CO4)c2nn1C)c1ccc(C(=O)O)cc1. The molecule has 37 heavy (non-hydrogen) atoms. The van der Waals surface area contributed by atoms with Crippen molar-refractivity contribution in [2.24, 2.45) is 7.05 Å². The van der Waals surface area contributed by atoms with Crippen molar-refractivity contribution in [3.63, 3.8) is 0 Å². The van der Waals surface area contributed by atoms with E-state index in [4.69, 9.17) is 9.84 Å². The minimum absolute atomic E-state index is 0.0243. The Bertz CT molecular complexity index is 1530. The Balaban J connectivity index is 1.33. The number of aromatic nitrogens is 4. The first-order valence-corrected chi connectivity index (χ1v) is 11.4. The lowest BCUT2D eigenvalue weighted by Crippen LogP contribution is -2.26. The van der Waals surface area contributed by atoms with Crippen LogP contribution in [0.2, 0.25) is 0 Å². The third-order valence-corrected chi connectivity index (χ3v) is 5.98. The van der Waals surface area contributed by atoms with Crippen molar-refractivity contribution in [3.05, 3.63) is 71.2 Å². The largest absolute Gasteiger partial charge is 0.482 e. The van der Waals surface area contributed by atoms with Gasteiger partial charge < -0.3 is 25.8 Å². The van der Waals surface area contributed by atoms with Crippen LogP contribution in [0.15, 0.2) is 48.8 Å². The quantitative estimate of drug-likeness (QED) is 0.298. The maximum Gasteiger partial charge on any atom is 0.335 e. The summed E-state index contributed by atoms with van der Waals surface area (Å²) >= 11 is 0. The highest BCUT2D eigenvalue weighted by molar-refractivity contribution is 6.05. The minimum atomic E-state index is -0.986. The maximum absolute atomic E-state index is 13.0. The van der Waals surface area contributed by atoms with Crippen LogP contribution >= 0.6 is 0 Å². The van der Waals surface area contributed by atoms with Crippen molar-refractivity contribution in [1.29, 1.82) is 0 Å². The number of hydrogen-bond donors (Lipinski definition) is 4. The van der Waals surface area contributed by atoms with Crippen LogP contribution in [0.4, 0.5) is 11.5 Å². The van der Waals surface area contributed by atoms with Crippen LogP contribution < -0.4 is 20.7 Å². The summed E-state index contributed by atoms with van der Waals surface area (Å²) in [5, 5.41) is 22.5. The molecule has 0 bridgehead atoms. The van der Waals surface area contributed by atoms with Crippen molar-refractivity contribution in [2.75, 3.05) is 17.2 Å². The number of nitrogens with one attached hydrogen (secondary N) is 3. The van der Waals surface area contributed by atoms with E-state index in [2.05, 4.69) is 31.0 Å². The lowest BCUT2D eigenvalue weighted by molar-refractivity contribution is -0.118. The molecule has 1 atom stereocenters. The van der Waals surface area contributed by atoms with E-state index >= 15 is 0 Å². The van der Waals surface area contributed by atoms with Crippen LogP contribution in [0.5, 0.6) is 5.75 Å². The summed E-state index contributed by atoms with van der Waals surface area (Å²) in [6, 6.07) is 11.7. The number of hydrogen-bond acceptors (Lipinski definition) is 8. The predicted molar refractivity (Wildman–Crippen MR) is 133 cm³/mol. The number of aromatic carboxylic acids is 1. The maximum atomic E-state index is 13.0. The Morgan fingerprint density at radius 3 is 2.70 bits per heavy atom. The van der Waals surface area contributed by atoms with Crippen molar-refractivity contribution >= 4 is 40.3 Å². The van der Waals surface area contributed by atoms with Gasteiger partial charge in [0.15, 0.2) is 18.1 Å². The molecule has 0 aliphatic carbocycles. The molecule has 0 radical (unpaired) electrons. The number of anilines is 2. The van der Waals surface area contributed by atoms with E-state index in [0.29, 0.717) is 28.3 Å². The minimum Gasteiger partial charge on any atom is -0.482 e. The summed E-state index contributed by atoms with van der Waals surface area (Å²) in [4.78, 5) is 44.2. The van der Waals surface area contributed by atoms with E-state index in [1.54, 1.807) is 54.2 Å². The van der Waals surface area contributed by atoms with Gasteiger partial charge in [-0.15, -0.1) is 0 Å². The molecular weight excluding hydrogens is 478 g/mol. The molecule has 0 saturated carbocycles. The van der Waals surface area contributed by atoms with E-state index in [9.17, 15) is 14.4 Å². The van der Waals surface area contributed by atoms with Crippen LogP contribution in [0.3, 0.4) is 0 Å². The molecule has 1 unspecified atom stereocenters. The van der Waals surface area contributed by atoms with Crippen molar-refractivity contribution < 1.29 is 24.2 Å². The fraction of sp³-hybridized carbons (Fsp3) is 0.200. The van der Waals surface area contributed by atoms with E-state index in [1.807, 2.05) is 6.92 Å². The van der Waals surface area contributed by atoms with Gasteiger partial charge in [-0.3, -0.25) is 14.3 Å². The van der Waals surface area contributed by atoms with Gasteiger partial charge in [0.25, 0.3) is 11.8 Å². The molecule has 2 aromatic heterocycles. The summed E-state index contributed by atoms with van der Waals surface area (Å²) in [6.07, 6.45) is 1.31. The van der Waals surface area contributed by atoms with Gasteiger partial charge in [-0.25, -0.2) is 14.8 Å². The fourth-order valence-electron chi connectivity index (χ4n) is 4.04. The number of amides is 2. The van der Waals surface area contributed by atoms with Gasteiger partial charge in [-0.2, -0.15) is 5.10 Å². The molecule has 2 aromatic carbocycles. The number of aryl methyl sites for hydroxylation is 1. The summed E-state index contributed by atoms with van der Waals surface area (Å²) < 4.78 is 6.95. The topological polar surface area (TPSA) is 160 Å². The second-order valence-electron chi connectivity index (χ2n) is 8.53. The first-order valence-electron chi connectivity index (χ1n) is 11.4. The first kappa shape index (κ1) is 23.7. The number of ether oxygens (including phenoxy) is 1. The predicted octanol–water partition coefficient (Wildman–Crippen LogP) is 2.50. The third kappa shape index (κ3) is 4.76. The molecule has 188 valence electrons. The van der Waals surface area contributed by atoms with Crippen molar-refractivity contribution in [2.45, 2.75) is 19.5 Å². The van der Waals surface area contributed by atoms with E-state index < -0.39 is 11.9 Å². The van der Waals surface area contributed by atoms with Crippen molar-refractivity contribution in [1.82, 2.24) is 25.1 Å². The number of carboxylic acid groups (broad SMARTS) is 1. The molecule has 1 aliphatic heterocycles. The molecule has 0 saturated heterocycles. The molecule has 3 heterocycles. The molecule has 4 N–H and O–H groups in total. The van der Waals surface area contributed by atoms with Crippen LogP contribution in [0.1, 0.15) is 44.9 Å². The number of nitrogens with zero attached hydrogens (tertiary/aromatic N) is 4. The molecule has 12 heteroatoms. The lowest BCUT2D eigenvalue weighted by Gasteiger charge is -2.18. The lowest BCUT2D eigenvalue weighted by atomic mass is 10.1. The van der Waals surface area contributed by atoms with Crippen LogP contribution in [0, 0.1) is 0 Å². The average molecular weight is 502 g/mol. The average Bonchev–Trinajstić information content (AvgIpc) is 3.21. The zero-order valence-corrected chi connectivity index (χ0v) is 20.0. The number of carbonyl (C=O) groups is 3. The van der Waals surface area contributed by atoms with Gasteiger partial charge in [0, 0.05) is 13.6 Å².